The average molecular weight is 404 g/mol. The number of carbonyl (C=O) groups is 1. The van der Waals surface area contributed by atoms with Gasteiger partial charge in [-0.3, -0.25) is 4.79 Å². The largest absolute Gasteiger partial charge is 0.493 e. The Kier molecular flexibility index (Phi) is 7.07. The molecule has 25 heavy (non-hydrogen) atoms. The van der Waals surface area contributed by atoms with E-state index in [0.29, 0.717) is 11.5 Å². The van der Waals surface area contributed by atoms with Crippen LogP contribution >= 0.6 is 15.9 Å². The zero-order valence-corrected chi connectivity index (χ0v) is 16.2. The first-order valence-corrected chi connectivity index (χ1v) is 8.81. The number of ether oxygens (including phenoxy) is 2. The molecule has 0 saturated heterocycles. The molecule has 2 rings (SSSR count). The smallest absolute Gasteiger partial charge is 0.258 e. The van der Waals surface area contributed by atoms with Gasteiger partial charge < -0.3 is 14.8 Å². The molecule has 2 aromatic rings. The summed E-state index contributed by atoms with van der Waals surface area (Å²) in [7, 11) is 1.58. The van der Waals surface area contributed by atoms with Crippen molar-refractivity contribution in [1.29, 1.82) is 0 Å². The molecule has 0 aliphatic rings. The lowest BCUT2D eigenvalue weighted by Crippen LogP contribution is -2.31. The van der Waals surface area contributed by atoms with Gasteiger partial charge in [-0.15, -0.1) is 0 Å². The number of hydrogen-bond donors (Lipinski definition) is 1. The highest BCUT2D eigenvalue weighted by Gasteiger charge is 2.12. The SMILES string of the molecule is CC=Cc1ccc(OCC(=O)NC(C)c2ccc(Br)cc2)c(OC)c1. The van der Waals surface area contributed by atoms with Crippen LogP contribution in [0.15, 0.2) is 53.0 Å². The van der Waals surface area contributed by atoms with Crippen molar-refractivity contribution in [2.45, 2.75) is 19.9 Å². The summed E-state index contributed by atoms with van der Waals surface area (Å²) >= 11 is 3.40. The van der Waals surface area contributed by atoms with Crippen LogP contribution in [0.25, 0.3) is 6.08 Å². The van der Waals surface area contributed by atoms with Crippen molar-refractivity contribution < 1.29 is 14.3 Å². The molecule has 0 aliphatic carbocycles. The van der Waals surface area contributed by atoms with Gasteiger partial charge in [0.2, 0.25) is 0 Å². The third-order valence-corrected chi connectivity index (χ3v) is 4.18. The molecule has 0 bridgehead atoms. The van der Waals surface area contributed by atoms with E-state index in [0.717, 1.165) is 15.6 Å². The summed E-state index contributed by atoms with van der Waals surface area (Å²) in [6.07, 6.45) is 3.92. The normalized spacial score (nSPS) is 12.0. The minimum Gasteiger partial charge on any atom is -0.493 e. The Morgan fingerprint density at radius 3 is 2.56 bits per heavy atom. The maximum absolute atomic E-state index is 12.1. The molecule has 2 aromatic carbocycles. The van der Waals surface area contributed by atoms with E-state index in [-0.39, 0.29) is 18.6 Å². The fourth-order valence-electron chi connectivity index (χ4n) is 2.36. The number of rotatable bonds is 7. The topological polar surface area (TPSA) is 47.6 Å². The van der Waals surface area contributed by atoms with Gasteiger partial charge in [0, 0.05) is 4.47 Å². The fraction of sp³-hybridized carbons (Fsp3) is 0.250. The van der Waals surface area contributed by atoms with Crippen LogP contribution < -0.4 is 14.8 Å². The van der Waals surface area contributed by atoms with Gasteiger partial charge in [-0.1, -0.05) is 46.3 Å². The van der Waals surface area contributed by atoms with Gasteiger partial charge >= 0.3 is 0 Å². The maximum Gasteiger partial charge on any atom is 0.258 e. The lowest BCUT2D eigenvalue weighted by molar-refractivity contribution is -0.123. The Bertz CT molecular complexity index is 741. The van der Waals surface area contributed by atoms with Gasteiger partial charge in [-0.25, -0.2) is 0 Å². The van der Waals surface area contributed by atoms with Gasteiger partial charge in [0.1, 0.15) is 0 Å². The highest BCUT2D eigenvalue weighted by molar-refractivity contribution is 9.10. The summed E-state index contributed by atoms with van der Waals surface area (Å²) in [5, 5.41) is 2.92. The van der Waals surface area contributed by atoms with E-state index in [9.17, 15) is 4.79 Å². The highest BCUT2D eigenvalue weighted by Crippen LogP contribution is 2.28. The minimum absolute atomic E-state index is 0.0693. The van der Waals surface area contributed by atoms with E-state index >= 15 is 0 Å². The molecular weight excluding hydrogens is 382 g/mol. The minimum atomic E-state index is -0.185. The summed E-state index contributed by atoms with van der Waals surface area (Å²) in [5.41, 5.74) is 2.05. The molecule has 0 spiro atoms. The molecule has 5 heteroatoms. The predicted molar refractivity (Wildman–Crippen MR) is 104 cm³/mol. The Labute approximate surface area is 157 Å². The van der Waals surface area contributed by atoms with Crippen LogP contribution in [0, 0.1) is 0 Å². The quantitative estimate of drug-likeness (QED) is 0.725. The lowest BCUT2D eigenvalue weighted by Gasteiger charge is -2.16. The summed E-state index contributed by atoms with van der Waals surface area (Å²) in [5.74, 6) is 0.960. The number of benzene rings is 2. The number of amides is 1. The van der Waals surface area contributed by atoms with Gasteiger partial charge in [0.05, 0.1) is 13.2 Å². The van der Waals surface area contributed by atoms with Gasteiger partial charge in [-0.05, 0) is 49.2 Å². The van der Waals surface area contributed by atoms with Crippen molar-refractivity contribution in [3.8, 4) is 11.5 Å². The van der Waals surface area contributed by atoms with Crippen molar-refractivity contribution in [1.82, 2.24) is 5.32 Å². The maximum atomic E-state index is 12.1. The third kappa shape index (κ3) is 5.64. The number of halogens is 1. The van der Waals surface area contributed by atoms with Crippen LogP contribution in [0.1, 0.15) is 31.0 Å². The number of methoxy groups -OCH3 is 1. The molecule has 0 aliphatic heterocycles. The van der Waals surface area contributed by atoms with Crippen LogP contribution in [-0.4, -0.2) is 19.6 Å². The van der Waals surface area contributed by atoms with E-state index in [1.165, 1.54) is 0 Å². The van der Waals surface area contributed by atoms with E-state index in [1.54, 1.807) is 13.2 Å². The molecule has 0 saturated carbocycles. The number of allylic oxidation sites excluding steroid dienone is 1. The number of carbonyl (C=O) groups excluding carboxylic acids is 1. The summed E-state index contributed by atoms with van der Waals surface area (Å²) < 4.78 is 11.9. The first-order chi connectivity index (χ1) is 12.0. The monoisotopic (exact) mass is 403 g/mol. The molecule has 1 N–H and O–H groups in total. The third-order valence-electron chi connectivity index (χ3n) is 3.65. The summed E-state index contributed by atoms with van der Waals surface area (Å²) in [6.45, 7) is 3.82. The lowest BCUT2D eigenvalue weighted by atomic mass is 10.1. The van der Waals surface area contributed by atoms with Crippen LogP contribution in [0.2, 0.25) is 0 Å². The van der Waals surface area contributed by atoms with Gasteiger partial charge in [-0.2, -0.15) is 0 Å². The van der Waals surface area contributed by atoms with Crippen LogP contribution in [0.3, 0.4) is 0 Å². The standard InChI is InChI=1S/C20H22BrNO3/c1-4-5-15-6-11-18(19(12-15)24-3)25-13-20(23)22-14(2)16-7-9-17(21)10-8-16/h4-12,14H,13H2,1-3H3,(H,22,23). The molecule has 0 heterocycles. The van der Waals surface area contributed by atoms with Crippen LogP contribution in [0.5, 0.6) is 11.5 Å². The van der Waals surface area contributed by atoms with E-state index < -0.39 is 0 Å². The fourth-order valence-corrected chi connectivity index (χ4v) is 2.63. The first-order valence-electron chi connectivity index (χ1n) is 8.02. The van der Waals surface area contributed by atoms with Crippen molar-refractivity contribution in [3.05, 3.63) is 64.1 Å². The second-order valence-electron chi connectivity index (χ2n) is 5.54. The second kappa shape index (κ2) is 9.28. The molecule has 0 fully saturated rings. The highest BCUT2D eigenvalue weighted by atomic mass is 79.9. The van der Waals surface area contributed by atoms with E-state index in [4.69, 9.17) is 9.47 Å². The number of hydrogen-bond acceptors (Lipinski definition) is 3. The molecule has 0 aromatic heterocycles. The first kappa shape index (κ1) is 19.1. The Hall–Kier alpha value is -2.27. The Morgan fingerprint density at radius 2 is 1.92 bits per heavy atom. The molecule has 1 unspecified atom stereocenters. The van der Waals surface area contributed by atoms with Crippen LogP contribution in [-0.2, 0) is 4.79 Å². The molecule has 1 amide bonds. The Balaban J connectivity index is 1.94. The van der Waals surface area contributed by atoms with Crippen molar-refractivity contribution in [2.75, 3.05) is 13.7 Å². The summed E-state index contributed by atoms with van der Waals surface area (Å²) in [6, 6.07) is 13.3. The van der Waals surface area contributed by atoms with Crippen molar-refractivity contribution in [3.63, 3.8) is 0 Å². The molecule has 0 radical (unpaired) electrons. The molecule has 132 valence electrons. The van der Waals surface area contributed by atoms with Crippen molar-refractivity contribution in [2.24, 2.45) is 0 Å². The molecule has 1 atom stereocenters. The zero-order chi connectivity index (χ0) is 18.2. The van der Waals surface area contributed by atoms with Gasteiger partial charge in [0.25, 0.3) is 5.91 Å². The van der Waals surface area contributed by atoms with E-state index in [2.05, 4.69) is 21.2 Å². The molecular formula is C20H22BrNO3. The zero-order valence-electron chi connectivity index (χ0n) is 14.6. The summed E-state index contributed by atoms with van der Waals surface area (Å²) in [4.78, 5) is 12.1. The predicted octanol–water partition coefficient (Wildman–Crippen LogP) is 4.75. The molecule has 4 nitrogen and oxygen atoms in total. The Morgan fingerprint density at radius 1 is 1.20 bits per heavy atom. The van der Waals surface area contributed by atoms with Crippen molar-refractivity contribution >= 4 is 27.9 Å². The number of nitrogens with one attached hydrogen (secondary N) is 1. The van der Waals surface area contributed by atoms with Crippen LogP contribution in [0.4, 0.5) is 0 Å². The van der Waals surface area contributed by atoms with E-state index in [1.807, 2.05) is 62.4 Å². The average Bonchev–Trinajstić information content (AvgIpc) is 2.61. The van der Waals surface area contributed by atoms with Gasteiger partial charge in [0.15, 0.2) is 18.1 Å². The second-order valence-corrected chi connectivity index (χ2v) is 6.46.